The number of fused-ring (bicyclic) bond motifs is 1. The molecule has 5 heterocycles. The quantitative estimate of drug-likeness (QED) is 0.184. The van der Waals surface area contributed by atoms with E-state index in [2.05, 4.69) is 30.4 Å². The van der Waals surface area contributed by atoms with Crippen molar-refractivity contribution >= 4 is 46.6 Å². The maximum absolute atomic E-state index is 14.8. The molecule has 0 aliphatic carbocycles. The van der Waals surface area contributed by atoms with E-state index in [-0.39, 0.29) is 23.2 Å². The maximum Gasteiger partial charge on any atom is 0.261 e. The number of aromatic amines is 1. The molecule has 3 N–H and O–H groups in total. The fraction of sp³-hybridized carbons (Fsp3) is 0.564. The Morgan fingerprint density at radius 3 is 2.35 bits per heavy atom. The second-order valence-corrected chi connectivity index (χ2v) is 15.8. The maximum atomic E-state index is 14.8. The number of amides is 3. The van der Waals surface area contributed by atoms with Gasteiger partial charge in [0.05, 0.1) is 17.9 Å². The predicted molar refractivity (Wildman–Crippen MR) is 207 cm³/mol. The Morgan fingerprint density at radius 1 is 0.963 bits per heavy atom. The number of rotatable bonds is 12. The number of benzene rings is 2. The molecule has 0 bridgehead atoms. The third-order valence-corrected chi connectivity index (χ3v) is 11.9. The first-order valence-corrected chi connectivity index (χ1v) is 20.1. The van der Waals surface area contributed by atoms with Crippen LogP contribution < -0.4 is 20.9 Å². The number of halogens is 1. The first-order chi connectivity index (χ1) is 26.2. The van der Waals surface area contributed by atoms with E-state index in [0.29, 0.717) is 53.5 Å². The molecule has 15 heteroatoms. The van der Waals surface area contributed by atoms with Crippen LogP contribution in [0.2, 0.25) is 0 Å². The molecule has 0 radical (unpaired) electrons. The number of nitrogens with zero attached hydrogens (tertiary/aromatic N) is 4. The second kappa shape index (κ2) is 19.5. The summed E-state index contributed by atoms with van der Waals surface area (Å²) < 4.78 is 26.2. The van der Waals surface area contributed by atoms with Crippen molar-refractivity contribution in [3.8, 4) is 5.75 Å². The van der Waals surface area contributed by atoms with Gasteiger partial charge in [-0.05, 0) is 70.2 Å². The summed E-state index contributed by atoms with van der Waals surface area (Å²) in [6, 6.07) is 10.5. The van der Waals surface area contributed by atoms with Gasteiger partial charge in [0, 0.05) is 82.0 Å². The number of hydrogen-bond acceptors (Lipinski definition) is 11. The third kappa shape index (κ3) is 11.5. The molecule has 292 valence electrons. The van der Waals surface area contributed by atoms with Gasteiger partial charge in [0.2, 0.25) is 18.2 Å². The van der Waals surface area contributed by atoms with Crippen molar-refractivity contribution < 1.29 is 28.2 Å². The number of carbonyl (C=O) groups excluding carboxylic acids is 3. The topological polar surface area (TPSA) is 149 Å². The summed E-state index contributed by atoms with van der Waals surface area (Å²) in [6.45, 7) is 11.7. The molecular weight excluding hydrogens is 714 g/mol. The Hall–Kier alpha value is -4.05. The van der Waals surface area contributed by atoms with Crippen LogP contribution in [0.25, 0.3) is 10.9 Å². The van der Waals surface area contributed by atoms with Crippen molar-refractivity contribution in [2.24, 2.45) is 5.92 Å². The van der Waals surface area contributed by atoms with E-state index in [1.807, 2.05) is 36.1 Å². The zero-order chi connectivity index (χ0) is 37.9. The summed E-state index contributed by atoms with van der Waals surface area (Å²) in [4.78, 5) is 59.9. The van der Waals surface area contributed by atoms with Crippen LogP contribution in [0.3, 0.4) is 0 Å². The number of imide groups is 1. The van der Waals surface area contributed by atoms with Crippen molar-refractivity contribution in [3.63, 3.8) is 0 Å². The van der Waals surface area contributed by atoms with Crippen LogP contribution in [0.5, 0.6) is 5.75 Å². The first kappa shape index (κ1) is 39.6. The largest absolute Gasteiger partial charge is 0.493 e. The molecule has 7 rings (SSSR count). The molecule has 0 saturated carbocycles. The molecule has 0 spiro atoms. The Morgan fingerprint density at radius 2 is 1.67 bits per heavy atom. The number of piperidine rings is 2. The van der Waals surface area contributed by atoms with Gasteiger partial charge in [-0.2, -0.15) is 11.8 Å². The lowest BCUT2D eigenvalue weighted by atomic mass is 9.98. The summed E-state index contributed by atoms with van der Waals surface area (Å²) >= 11 is 1.76. The SMILES string of the molecule is Cc1ccc(NC2CCC(=O)NC2=O)cc1.O=CN1CCN(CCN2CCC(COc3cc(F)c4c(=O)[nH]c(CSC5CCOCC5)nc4c3)CC2)CC1. The molecule has 1 unspecified atom stereocenters. The van der Waals surface area contributed by atoms with E-state index in [1.165, 1.54) is 11.6 Å². The molecule has 3 amide bonds. The average molecular weight is 766 g/mol. The summed E-state index contributed by atoms with van der Waals surface area (Å²) in [6.07, 6.45) is 5.97. The number of aryl methyl sites for hydroxylation is 1. The summed E-state index contributed by atoms with van der Waals surface area (Å²) in [5.41, 5.74) is 1.98. The van der Waals surface area contributed by atoms with Gasteiger partial charge in [0.1, 0.15) is 28.8 Å². The number of anilines is 1. The van der Waals surface area contributed by atoms with Gasteiger partial charge in [0.15, 0.2) is 0 Å². The number of thioether (sulfide) groups is 1. The highest BCUT2D eigenvalue weighted by molar-refractivity contribution is 7.99. The minimum absolute atomic E-state index is 0.0157. The van der Waals surface area contributed by atoms with E-state index in [0.717, 1.165) is 103 Å². The van der Waals surface area contributed by atoms with Crippen LogP contribution in [-0.4, -0.2) is 126 Å². The zero-order valence-electron chi connectivity index (χ0n) is 31.0. The van der Waals surface area contributed by atoms with Crippen molar-refractivity contribution in [2.45, 2.75) is 62.5 Å². The van der Waals surface area contributed by atoms with Gasteiger partial charge in [-0.15, -0.1) is 0 Å². The van der Waals surface area contributed by atoms with E-state index < -0.39 is 11.4 Å². The minimum atomic E-state index is -0.598. The Bertz CT molecular complexity index is 1770. The number of ether oxygens (including phenoxy) is 2. The number of piperazine rings is 1. The van der Waals surface area contributed by atoms with E-state index in [4.69, 9.17) is 9.47 Å². The molecule has 4 aliphatic rings. The molecule has 54 heavy (non-hydrogen) atoms. The standard InChI is InChI=1S/C27H38FN5O4S.C12H14N2O2/c28-23-15-21(16-24-26(23)27(35)30-25(29-24)18-38-22-3-13-36-14-4-22)37-17-20-1-5-31(6-2-20)7-8-32-9-11-33(19-34)12-10-32;1-8-2-4-9(5-3-8)13-10-6-7-11(15)14-12(10)16/h15-16,19-20,22H,1-14,17-18H2,(H,29,30,35);2-5,10,13H,6-7H2,1H3,(H,14,15,16). The highest BCUT2D eigenvalue weighted by atomic mass is 32.2. The van der Waals surface area contributed by atoms with Gasteiger partial charge < -0.3 is 29.6 Å². The van der Waals surface area contributed by atoms with Crippen LogP contribution in [0.15, 0.2) is 41.2 Å². The van der Waals surface area contributed by atoms with Gasteiger partial charge >= 0.3 is 0 Å². The Labute approximate surface area is 319 Å². The lowest BCUT2D eigenvalue weighted by Crippen LogP contribution is -2.48. The number of carbonyl (C=O) groups is 3. The van der Waals surface area contributed by atoms with Crippen LogP contribution in [0, 0.1) is 18.7 Å². The molecule has 4 fully saturated rings. The van der Waals surface area contributed by atoms with Gasteiger partial charge in [-0.3, -0.25) is 29.4 Å². The van der Waals surface area contributed by atoms with Crippen molar-refractivity contribution in [3.05, 3.63) is 64.0 Å². The number of likely N-dealkylation sites (tertiary alicyclic amines) is 1. The molecular formula is C39H52FN7O6S. The number of nitrogens with one attached hydrogen (secondary N) is 3. The lowest BCUT2D eigenvalue weighted by Gasteiger charge is -2.36. The summed E-state index contributed by atoms with van der Waals surface area (Å²) in [7, 11) is 0. The molecule has 4 aliphatic heterocycles. The Kier molecular flexibility index (Phi) is 14.3. The van der Waals surface area contributed by atoms with Crippen LogP contribution in [-0.2, 0) is 24.9 Å². The van der Waals surface area contributed by atoms with Crippen molar-refractivity contribution in [2.75, 3.05) is 77.5 Å². The fourth-order valence-corrected chi connectivity index (χ4v) is 8.14. The molecule has 1 aromatic heterocycles. The second-order valence-electron chi connectivity index (χ2n) is 14.5. The summed E-state index contributed by atoms with van der Waals surface area (Å²) in [5, 5.41) is 5.91. The monoisotopic (exact) mass is 765 g/mol. The highest BCUT2D eigenvalue weighted by Crippen LogP contribution is 2.27. The van der Waals surface area contributed by atoms with Crippen LogP contribution in [0.4, 0.5) is 10.1 Å². The average Bonchev–Trinajstić information content (AvgIpc) is 3.18. The van der Waals surface area contributed by atoms with Crippen LogP contribution in [0.1, 0.15) is 49.9 Å². The van der Waals surface area contributed by atoms with Gasteiger partial charge in [0.25, 0.3) is 5.56 Å². The van der Waals surface area contributed by atoms with E-state index >= 15 is 0 Å². The fourth-order valence-electron chi connectivity index (χ4n) is 7.09. The first-order valence-electron chi connectivity index (χ1n) is 19.1. The molecule has 3 aromatic rings. The molecule has 2 aromatic carbocycles. The predicted octanol–water partition coefficient (Wildman–Crippen LogP) is 3.55. The van der Waals surface area contributed by atoms with E-state index in [1.54, 1.807) is 17.8 Å². The molecule has 4 saturated heterocycles. The number of H-pyrrole nitrogens is 1. The van der Waals surface area contributed by atoms with Crippen LogP contribution >= 0.6 is 11.8 Å². The number of aromatic nitrogens is 2. The van der Waals surface area contributed by atoms with Crippen molar-refractivity contribution in [1.82, 2.24) is 30.0 Å². The normalized spacial score (nSPS) is 20.6. The third-order valence-electron chi connectivity index (χ3n) is 10.5. The number of hydrogen-bond donors (Lipinski definition) is 3. The Balaban J connectivity index is 0.000000259. The zero-order valence-corrected chi connectivity index (χ0v) is 31.8. The van der Waals surface area contributed by atoms with E-state index in [9.17, 15) is 23.6 Å². The van der Waals surface area contributed by atoms with Gasteiger partial charge in [-0.1, -0.05) is 17.7 Å². The van der Waals surface area contributed by atoms with Gasteiger partial charge in [-0.25, -0.2) is 9.37 Å². The smallest absolute Gasteiger partial charge is 0.261 e. The molecule has 13 nitrogen and oxygen atoms in total. The highest BCUT2D eigenvalue weighted by Gasteiger charge is 2.26. The summed E-state index contributed by atoms with van der Waals surface area (Å²) in [5.74, 6) is 0.958. The minimum Gasteiger partial charge on any atom is -0.493 e. The lowest BCUT2D eigenvalue weighted by molar-refractivity contribution is -0.133. The molecule has 1 atom stereocenters. The van der Waals surface area contributed by atoms with Crippen molar-refractivity contribution in [1.29, 1.82) is 0 Å².